The van der Waals surface area contributed by atoms with E-state index in [1.807, 2.05) is 36.4 Å². The molecule has 0 aliphatic heterocycles. The standard InChI is InChI=1S/C25H20BrFN2O3/c1-31-23-13-19(10-20(14-28)25(30)29-15-17-6-3-2-4-7-17)12-22(26)24(23)32-16-18-8-5-9-21(27)11-18/h2-13H,15-16H2,1H3,(H,29,30)/b20-10-. The Morgan fingerprint density at radius 1 is 1.12 bits per heavy atom. The fourth-order valence-corrected chi connectivity index (χ4v) is 3.51. The van der Waals surface area contributed by atoms with Crippen molar-refractivity contribution in [3.05, 3.63) is 99.3 Å². The maximum Gasteiger partial charge on any atom is 0.262 e. The first-order valence-corrected chi connectivity index (χ1v) is 10.5. The third kappa shape index (κ3) is 6.19. The van der Waals surface area contributed by atoms with Gasteiger partial charge in [-0.05, 0) is 63.0 Å². The van der Waals surface area contributed by atoms with Crippen molar-refractivity contribution in [2.45, 2.75) is 13.2 Å². The molecule has 0 radical (unpaired) electrons. The molecule has 32 heavy (non-hydrogen) atoms. The molecule has 5 nitrogen and oxygen atoms in total. The number of benzene rings is 3. The van der Waals surface area contributed by atoms with Gasteiger partial charge < -0.3 is 14.8 Å². The van der Waals surface area contributed by atoms with Gasteiger partial charge in [-0.1, -0.05) is 42.5 Å². The number of nitrogens with zero attached hydrogens (tertiary/aromatic N) is 1. The molecule has 0 aliphatic carbocycles. The lowest BCUT2D eigenvalue weighted by atomic mass is 10.1. The quantitative estimate of drug-likeness (QED) is 0.336. The monoisotopic (exact) mass is 494 g/mol. The smallest absolute Gasteiger partial charge is 0.262 e. The first kappa shape index (κ1) is 23.0. The molecule has 0 spiro atoms. The van der Waals surface area contributed by atoms with E-state index in [1.54, 1.807) is 24.3 Å². The van der Waals surface area contributed by atoms with Crippen molar-refractivity contribution in [3.63, 3.8) is 0 Å². The van der Waals surface area contributed by atoms with Crippen molar-refractivity contribution in [2.75, 3.05) is 7.11 Å². The first-order valence-electron chi connectivity index (χ1n) is 9.69. The first-order chi connectivity index (χ1) is 15.5. The van der Waals surface area contributed by atoms with Crippen LogP contribution in [0.5, 0.6) is 11.5 Å². The summed E-state index contributed by atoms with van der Waals surface area (Å²) in [6.07, 6.45) is 1.48. The molecule has 162 valence electrons. The van der Waals surface area contributed by atoms with Gasteiger partial charge in [0.1, 0.15) is 24.1 Å². The van der Waals surface area contributed by atoms with Gasteiger partial charge in [-0.25, -0.2) is 4.39 Å². The van der Waals surface area contributed by atoms with Crippen LogP contribution in [0.4, 0.5) is 4.39 Å². The number of amides is 1. The predicted octanol–water partition coefficient (Wildman–Crippen LogP) is 5.40. The number of carbonyl (C=O) groups excluding carboxylic acids is 1. The number of ether oxygens (including phenoxy) is 2. The second kappa shape index (κ2) is 11.1. The Balaban J connectivity index is 1.76. The van der Waals surface area contributed by atoms with Gasteiger partial charge in [0, 0.05) is 6.54 Å². The van der Waals surface area contributed by atoms with E-state index in [1.165, 1.54) is 25.3 Å². The van der Waals surface area contributed by atoms with Crippen LogP contribution < -0.4 is 14.8 Å². The van der Waals surface area contributed by atoms with Crippen LogP contribution in [-0.2, 0) is 17.9 Å². The van der Waals surface area contributed by atoms with E-state index in [0.717, 1.165) is 5.56 Å². The van der Waals surface area contributed by atoms with Crippen LogP contribution in [0.15, 0.2) is 76.8 Å². The van der Waals surface area contributed by atoms with Gasteiger partial charge in [0.2, 0.25) is 0 Å². The maximum atomic E-state index is 13.4. The molecule has 0 unspecified atom stereocenters. The van der Waals surface area contributed by atoms with Crippen molar-refractivity contribution >= 4 is 27.9 Å². The van der Waals surface area contributed by atoms with Crippen molar-refractivity contribution in [2.24, 2.45) is 0 Å². The van der Waals surface area contributed by atoms with Crippen LogP contribution in [-0.4, -0.2) is 13.0 Å². The average molecular weight is 495 g/mol. The molecule has 0 heterocycles. The molecular formula is C25H20BrFN2O3. The fourth-order valence-electron chi connectivity index (χ4n) is 2.93. The molecule has 3 aromatic rings. The molecule has 7 heteroatoms. The molecule has 0 aliphatic rings. The second-order valence-corrected chi connectivity index (χ2v) is 7.65. The normalized spacial score (nSPS) is 10.9. The van der Waals surface area contributed by atoms with Crippen molar-refractivity contribution in [1.29, 1.82) is 5.26 Å². The SMILES string of the molecule is COc1cc(/C=C(/C#N)C(=O)NCc2ccccc2)cc(Br)c1OCc1cccc(F)c1. The average Bonchev–Trinajstić information content (AvgIpc) is 2.80. The summed E-state index contributed by atoms with van der Waals surface area (Å²) in [5.41, 5.74) is 2.15. The Hall–Kier alpha value is -3.63. The van der Waals surface area contributed by atoms with E-state index in [9.17, 15) is 14.4 Å². The Kier molecular flexibility index (Phi) is 8.01. The Morgan fingerprint density at radius 3 is 2.56 bits per heavy atom. The summed E-state index contributed by atoms with van der Waals surface area (Å²) in [4.78, 5) is 12.4. The molecule has 0 saturated carbocycles. The maximum absolute atomic E-state index is 13.4. The van der Waals surface area contributed by atoms with E-state index in [-0.39, 0.29) is 18.0 Å². The van der Waals surface area contributed by atoms with Crippen molar-refractivity contribution in [1.82, 2.24) is 5.32 Å². The van der Waals surface area contributed by atoms with Gasteiger partial charge in [0.15, 0.2) is 11.5 Å². The van der Waals surface area contributed by atoms with Gasteiger partial charge in [-0.2, -0.15) is 5.26 Å². The molecule has 0 saturated heterocycles. The lowest BCUT2D eigenvalue weighted by molar-refractivity contribution is -0.117. The minimum Gasteiger partial charge on any atom is -0.493 e. The fraction of sp³-hybridized carbons (Fsp3) is 0.120. The van der Waals surface area contributed by atoms with Crippen molar-refractivity contribution < 1.29 is 18.7 Å². The Morgan fingerprint density at radius 2 is 1.88 bits per heavy atom. The number of carbonyl (C=O) groups is 1. The zero-order chi connectivity index (χ0) is 22.9. The number of methoxy groups -OCH3 is 1. The molecular weight excluding hydrogens is 475 g/mol. The summed E-state index contributed by atoms with van der Waals surface area (Å²) < 4.78 is 25.2. The third-order valence-electron chi connectivity index (χ3n) is 4.50. The lowest BCUT2D eigenvalue weighted by Gasteiger charge is -2.14. The molecule has 0 fully saturated rings. The summed E-state index contributed by atoms with van der Waals surface area (Å²) in [5.74, 6) is 0.0232. The van der Waals surface area contributed by atoms with Crippen molar-refractivity contribution in [3.8, 4) is 17.6 Å². The van der Waals surface area contributed by atoms with Gasteiger partial charge in [-0.15, -0.1) is 0 Å². The number of hydrogen-bond donors (Lipinski definition) is 1. The lowest BCUT2D eigenvalue weighted by Crippen LogP contribution is -2.23. The van der Waals surface area contributed by atoms with E-state index in [0.29, 0.717) is 33.6 Å². The molecule has 1 N–H and O–H groups in total. The zero-order valence-electron chi connectivity index (χ0n) is 17.3. The van der Waals surface area contributed by atoms with Gasteiger partial charge in [0.05, 0.1) is 11.6 Å². The molecule has 1 amide bonds. The van der Waals surface area contributed by atoms with Gasteiger partial charge in [0.25, 0.3) is 5.91 Å². The van der Waals surface area contributed by atoms with E-state index in [2.05, 4.69) is 21.2 Å². The largest absolute Gasteiger partial charge is 0.493 e. The number of hydrogen-bond acceptors (Lipinski definition) is 4. The van der Waals surface area contributed by atoms with Crippen LogP contribution in [0.2, 0.25) is 0 Å². The highest BCUT2D eigenvalue weighted by Crippen LogP contribution is 2.37. The number of nitrogens with one attached hydrogen (secondary N) is 1. The summed E-state index contributed by atoms with van der Waals surface area (Å²) >= 11 is 3.45. The summed E-state index contributed by atoms with van der Waals surface area (Å²) in [6, 6.07) is 20.9. The van der Waals surface area contributed by atoms with Crippen LogP contribution in [0.3, 0.4) is 0 Å². The van der Waals surface area contributed by atoms with E-state index >= 15 is 0 Å². The van der Waals surface area contributed by atoms with E-state index < -0.39 is 5.91 Å². The Bertz CT molecular complexity index is 1170. The topological polar surface area (TPSA) is 71.3 Å². The summed E-state index contributed by atoms with van der Waals surface area (Å²) in [5, 5.41) is 12.2. The summed E-state index contributed by atoms with van der Waals surface area (Å²) in [7, 11) is 1.49. The summed E-state index contributed by atoms with van der Waals surface area (Å²) in [6.45, 7) is 0.464. The predicted molar refractivity (Wildman–Crippen MR) is 123 cm³/mol. The molecule has 0 bridgehead atoms. The van der Waals surface area contributed by atoms with Crippen LogP contribution in [0.1, 0.15) is 16.7 Å². The highest BCUT2D eigenvalue weighted by atomic mass is 79.9. The molecule has 0 atom stereocenters. The molecule has 0 aromatic heterocycles. The second-order valence-electron chi connectivity index (χ2n) is 6.79. The zero-order valence-corrected chi connectivity index (χ0v) is 18.9. The minimum absolute atomic E-state index is 0.0386. The third-order valence-corrected chi connectivity index (χ3v) is 5.08. The van der Waals surface area contributed by atoms with E-state index in [4.69, 9.17) is 9.47 Å². The number of nitriles is 1. The van der Waals surface area contributed by atoms with Crippen LogP contribution >= 0.6 is 15.9 Å². The minimum atomic E-state index is -0.474. The number of halogens is 2. The number of rotatable bonds is 8. The van der Waals surface area contributed by atoms with Crippen LogP contribution in [0, 0.1) is 17.1 Å². The van der Waals surface area contributed by atoms with Gasteiger partial charge in [-0.3, -0.25) is 4.79 Å². The molecule has 3 rings (SSSR count). The highest BCUT2D eigenvalue weighted by molar-refractivity contribution is 9.10. The van der Waals surface area contributed by atoms with Gasteiger partial charge >= 0.3 is 0 Å². The Labute approximate surface area is 194 Å². The van der Waals surface area contributed by atoms with Crippen LogP contribution in [0.25, 0.3) is 6.08 Å². The highest BCUT2D eigenvalue weighted by Gasteiger charge is 2.14. The molecule has 3 aromatic carbocycles.